The van der Waals surface area contributed by atoms with Crippen molar-refractivity contribution < 1.29 is 81.9 Å². The van der Waals surface area contributed by atoms with Gasteiger partial charge < -0.3 is 82.5 Å². The minimum absolute atomic E-state index is 0.0998. The van der Waals surface area contributed by atoms with Gasteiger partial charge in [0.25, 0.3) is 35.4 Å². The Bertz CT molecular complexity index is 3750. The smallest absolute Gasteiger partial charge is 0.255 e. The van der Waals surface area contributed by atoms with E-state index in [4.69, 9.17) is 53.1 Å². The Balaban J connectivity index is 1.98. The Labute approximate surface area is 892 Å². The zero-order chi connectivity index (χ0) is 112. The van der Waals surface area contributed by atoms with Crippen molar-refractivity contribution in [3.63, 3.8) is 0 Å². The van der Waals surface area contributed by atoms with Crippen molar-refractivity contribution in [2.45, 2.75) is 540 Å². The second-order valence-corrected chi connectivity index (χ2v) is 120. The molecular formula is C108H216N6O18Si12. The summed E-state index contributed by atoms with van der Waals surface area (Å²) in [7, 11) is -34.2. The van der Waals surface area contributed by atoms with Crippen LogP contribution in [0.25, 0.3) is 0 Å². The highest BCUT2D eigenvalue weighted by atomic mass is 28.4. The van der Waals surface area contributed by atoms with Gasteiger partial charge in [0.05, 0.1) is 107 Å². The van der Waals surface area contributed by atoms with Crippen LogP contribution in [0.5, 0.6) is 0 Å². The second kappa shape index (κ2) is 42.3. The van der Waals surface area contributed by atoms with Crippen molar-refractivity contribution in [1.29, 1.82) is 0 Å². The van der Waals surface area contributed by atoms with E-state index in [2.05, 4.69) is 406 Å². The van der Waals surface area contributed by atoms with Gasteiger partial charge in [0, 0.05) is 78.5 Å². The number of carbonyl (C=O) groups is 6. The summed E-state index contributed by atoms with van der Waals surface area (Å²) in [5.41, 5.74) is -2.98. The molecular weight excluding hydrogens is 2010 g/mol. The lowest BCUT2D eigenvalue weighted by Gasteiger charge is -2.42. The van der Waals surface area contributed by atoms with Crippen LogP contribution in [-0.2, 0) is 53.1 Å². The largest absolute Gasteiger partial charge is 0.409 e. The fourth-order valence-electron chi connectivity index (χ4n) is 16.5. The average molecular weight is 2220 g/mol. The van der Waals surface area contributed by atoms with E-state index >= 15 is 28.8 Å². The van der Waals surface area contributed by atoms with Crippen molar-refractivity contribution >= 4 is 135 Å². The average Bonchev–Trinajstić information content (AvgIpc) is 1.28. The van der Waals surface area contributed by atoms with Crippen LogP contribution in [0.4, 0.5) is 0 Å². The Hall–Kier alpha value is -1.84. The van der Waals surface area contributed by atoms with Crippen molar-refractivity contribution in [3.8, 4) is 0 Å². The Morgan fingerprint density at radius 3 is 0.250 bits per heavy atom. The summed E-state index contributed by atoms with van der Waals surface area (Å²) in [5, 5.41) is -4.15. The molecule has 0 aromatic heterocycles. The third-order valence-corrected chi connectivity index (χ3v) is 92.9. The first-order chi connectivity index (χ1) is 63.4. The molecule has 0 N–H and O–H groups in total. The van der Waals surface area contributed by atoms with Crippen LogP contribution in [0.1, 0.15) is 311 Å². The molecule has 6 fully saturated rings. The number of amides is 6. The minimum Gasteiger partial charge on any atom is -0.409 e. The maximum Gasteiger partial charge on any atom is 0.255 e. The molecule has 12 atom stereocenters. The molecule has 0 bridgehead atoms. The molecule has 6 aliphatic heterocycles. The van der Waals surface area contributed by atoms with Crippen molar-refractivity contribution in [3.05, 3.63) is 33.4 Å². The van der Waals surface area contributed by atoms with Gasteiger partial charge in [0.15, 0.2) is 99.8 Å². The van der Waals surface area contributed by atoms with Crippen molar-refractivity contribution in [2.75, 3.05) is 78.5 Å². The van der Waals surface area contributed by atoms with E-state index in [9.17, 15) is 0 Å². The predicted molar refractivity (Wildman–Crippen MR) is 627 cm³/mol. The lowest BCUT2D eigenvalue weighted by Crippen LogP contribution is -2.51. The van der Waals surface area contributed by atoms with Crippen LogP contribution in [0.2, 0.25) is 218 Å². The van der Waals surface area contributed by atoms with Crippen LogP contribution in [0.3, 0.4) is 0 Å². The summed E-state index contributed by atoms with van der Waals surface area (Å²) in [6.07, 6.45) is -9.29. The van der Waals surface area contributed by atoms with Crippen LogP contribution in [0.15, 0.2) is 0 Å². The normalized spacial score (nSPS) is 24.3. The molecule has 6 heterocycles. The highest BCUT2D eigenvalue weighted by molar-refractivity contribution is 6.79. The predicted octanol–water partition coefficient (Wildman–Crippen LogP) is 27.1. The van der Waals surface area contributed by atoms with Gasteiger partial charge in [-0.1, -0.05) is 249 Å². The Kier molecular flexibility index (Phi) is 37.9. The third-order valence-electron chi connectivity index (χ3n) is 38.8. The number of hydrogen-bond donors (Lipinski definition) is 0. The van der Waals surface area contributed by atoms with E-state index in [0.29, 0.717) is 0 Å². The van der Waals surface area contributed by atoms with Crippen molar-refractivity contribution in [2.24, 2.45) is 0 Å². The highest BCUT2D eigenvalue weighted by Crippen LogP contribution is 2.53. The molecule has 0 radical (unpaired) electrons. The number of rotatable bonds is 30. The quantitative estimate of drug-likeness (QED) is 0.0651. The molecule has 1 aromatic carbocycles. The summed E-state index contributed by atoms with van der Waals surface area (Å²) in [6, 6.07) is 0. The molecule has 6 aliphatic rings. The van der Waals surface area contributed by atoms with Crippen LogP contribution in [-0.4, -0.2) is 316 Å². The number of benzene rings is 1. The number of nitrogens with zero attached hydrogens (tertiary/aromatic N) is 6. The zero-order valence-corrected chi connectivity index (χ0v) is 115. The van der Waals surface area contributed by atoms with Gasteiger partial charge in [0.2, 0.25) is 0 Å². The van der Waals surface area contributed by atoms with Gasteiger partial charge in [-0.2, -0.15) is 0 Å². The summed E-state index contributed by atoms with van der Waals surface area (Å²) >= 11 is 0. The van der Waals surface area contributed by atoms with Crippen molar-refractivity contribution in [1.82, 2.24) is 29.4 Å². The molecule has 36 heteroatoms. The first-order valence-corrected chi connectivity index (χ1v) is 89.4. The topological polar surface area (TPSA) is 233 Å². The van der Waals surface area contributed by atoms with Gasteiger partial charge in [0.1, 0.15) is 0 Å². The summed E-state index contributed by atoms with van der Waals surface area (Å²) < 4.78 is 92.9. The fraction of sp³-hybridized carbons (Fsp3) is 0.889. The first kappa shape index (κ1) is 129. The van der Waals surface area contributed by atoms with E-state index < -0.39 is 242 Å². The second-order valence-electron chi connectivity index (χ2n) is 62.5. The zero-order valence-electron chi connectivity index (χ0n) is 103. The molecule has 834 valence electrons. The molecule has 6 saturated heterocycles. The van der Waals surface area contributed by atoms with E-state index in [0.717, 1.165) is 0 Å². The molecule has 144 heavy (non-hydrogen) atoms. The number of hydrogen-bond acceptors (Lipinski definition) is 18. The molecule has 0 aliphatic carbocycles. The summed E-state index contributed by atoms with van der Waals surface area (Å²) in [6.45, 7) is 131. The van der Waals surface area contributed by atoms with Gasteiger partial charge >= 0.3 is 0 Å². The van der Waals surface area contributed by atoms with E-state index in [-0.39, 0.29) is 139 Å². The van der Waals surface area contributed by atoms with Gasteiger partial charge in [-0.25, -0.2) is 0 Å². The third kappa shape index (κ3) is 28.2. The first-order valence-electron chi connectivity index (χ1n) is 54.5. The lowest BCUT2D eigenvalue weighted by molar-refractivity contribution is 0.0677. The fourth-order valence-corrected chi connectivity index (χ4v) is 32.5. The Morgan fingerprint density at radius 1 is 0.146 bits per heavy atom. The van der Waals surface area contributed by atoms with E-state index in [1.807, 2.05) is 0 Å². The van der Waals surface area contributed by atoms with Crippen LogP contribution >= 0.6 is 0 Å². The number of likely N-dealkylation sites (tertiary alicyclic amines) is 6. The SMILES string of the molecule is CC(C)(C)[Si](C)(C)OC1CN(C(=O)c2c(C(=O)N3C[C@H](O[Si](C)(C)C(C)(C)C)[C@@H](O[Si](C)(C)C(C)(C)C)C3)c(C(=O)N3C[C@H](O[Si](C)(C)C(C)(C)C)[C@@H](O[Si](C)(C)C(C)(C)C)C3)c(C(=O)N3C[C@H](O[Si](C)(C)C(C)(C)C)[C@@H](O[Si](C)(C)C(C)(C)C)C3)c(C(=O)N3C[C@H](O[Si](C)(C)C(C)(C)C)[C@@H](O[Si](C)(C)C(C)(C)C)C3)c2C(=O)N2C[C@H](O[Si](C)(C)C(C)(C)C)[C@@H](O[Si](C)(C)C(C)(C)C)C2)C[C@@H]1O[Si](C)(C)C(C)(C)C. The molecule has 1 unspecified atom stereocenters. The van der Waals surface area contributed by atoms with Crippen LogP contribution in [0, 0.1) is 0 Å². The molecule has 24 nitrogen and oxygen atoms in total. The number of carbonyl (C=O) groups excluding carboxylic acids is 6. The summed E-state index contributed by atoms with van der Waals surface area (Å²) in [4.78, 5) is 125. The molecule has 7 rings (SSSR count). The van der Waals surface area contributed by atoms with Gasteiger partial charge in [-0.05, 0) is 218 Å². The summed E-state index contributed by atoms with van der Waals surface area (Å²) in [5.74, 6) is -4.97. The highest BCUT2D eigenvalue weighted by Gasteiger charge is 2.62. The maximum absolute atomic E-state index is 19.2. The van der Waals surface area contributed by atoms with Gasteiger partial charge in [-0.15, -0.1) is 0 Å². The molecule has 6 amide bonds. The maximum atomic E-state index is 19.2. The molecule has 1 aromatic rings. The standard InChI is InChI=1S/C108H216N6O18Si12/c1-97(2,3)133(37,38)121-73-61-109(62-74(73)122-134(39,40)98(4,5)6)91(115)85-86(92(116)110-63-75(123-135(41,42)99(7,8)9)76(64-110)124-136(43,44)100(10,11)12)88(94(118)112-67-79(127-139(49,50)103(19,20)21)80(68-112)128-140(51,52)104(22,23)24)90(96(120)114-71-83(131-143(57,58)107(31,32)33)84(72-114)132-144(59,60)108(34,35)36)89(95(119)113-69-81(129-141(53,54)105(25,26)27)82(70-113)130-142(55,56)106(28,29)30)87(85)93(117)111-65-77(125-137(45,46)101(13,14)15)78(66-111)126-138(47,48)102(16,17)18/h73-84H,61-72H2,1-60H3/t73-,74-,75-,76-,77-,78-,79-,80-,81-,82-,83-,84?/m0/s1. The van der Waals surface area contributed by atoms with E-state index in [1.54, 1.807) is 29.4 Å². The van der Waals surface area contributed by atoms with Crippen LogP contribution < -0.4 is 0 Å². The van der Waals surface area contributed by atoms with Gasteiger partial charge in [-0.3, -0.25) is 28.8 Å². The molecule has 0 saturated carbocycles. The lowest BCUT2D eigenvalue weighted by atomic mass is 9.82. The molecule has 0 spiro atoms. The van der Waals surface area contributed by atoms with E-state index in [1.165, 1.54) is 0 Å². The minimum atomic E-state index is -2.85. The monoisotopic (exact) mass is 2220 g/mol. The Morgan fingerprint density at radius 2 is 0.201 bits per heavy atom.